The standard InChI is InChI=1S/C13H24F2N2/c1-11-3-7-17(8-4-11)9-12-5-6-16(2)10-13(12,14)15/h11-12H,3-10H2,1-2H3. The Morgan fingerprint density at radius 2 is 1.76 bits per heavy atom. The van der Waals surface area contributed by atoms with E-state index in [-0.39, 0.29) is 6.54 Å². The average Bonchev–Trinajstić information content (AvgIpc) is 2.24. The van der Waals surface area contributed by atoms with E-state index < -0.39 is 11.8 Å². The van der Waals surface area contributed by atoms with Crippen LogP contribution in [0.5, 0.6) is 0 Å². The second-order valence-corrected chi connectivity index (χ2v) is 5.97. The normalized spacial score (nSPS) is 32.8. The van der Waals surface area contributed by atoms with Crippen LogP contribution in [0.15, 0.2) is 0 Å². The molecule has 2 saturated heterocycles. The molecular formula is C13H24F2N2. The van der Waals surface area contributed by atoms with Crippen LogP contribution in [0.1, 0.15) is 26.2 Å². The zero-order valence-electron chi connectivity index (χ0n) is 11.0. The number of likely N-dealkylation sites (tertiary alicyclic amines) is 2. The van der Waals surface area contributed by atoms with Gasteiger partial charge in [-0.3, -0.25) is 0 Å². The molecule has 0 spiro atoms. The van der Waals surface area contributed by atoms with Crippen molar-refractivity contribution in [2.24, 2.45) is 11.8 Å². The van der Waals surface area contributed by atoms with Crippen LogP contribution in [0, 0.1) is 11.8 Å². The molecule has 0 bridgehead atoms. The fourth-order valence-electron chi connectivity index (χ4n) is 2.94. The van der Waals surface area contributed by atoms with Crippen LogP contribution in [-0.4, -0.2) is 55.5 Å². The van der Waals surface area contributed by atoms with Crippen molar-refractivity contribution in [2.75, 3.05) is 39.8 Å². The predicted octanol–water partition coefficient (Wildman–Crippen LogP) is 2.31. The van der Waals surface area contributed by atoms with Gasteiger partial charge in [0.25, 0.3) is 5.92 Å². The second-order valence-electron chi connectivity index (χ2n) is 5.97. The molecule has 0 saturated carbocycles. The first kappa shape index (κ1) is 13.2. The van der Waals surface area contributed by atoms with Gasteiger partial charge in [0, 0.05) is 12.5 Å². The monoisotopic (exact) mass is 246 g/mol. The molecular weight excluding hydrogens is 222 g/mol. The SMILES string of the molecule is CC1CCN(CC2CCN(C)CC2(F)F)CC1. The minimum absolute atomic E-state index is 0.0676. The largest absolute Gasteiger partial charge is 0.303 e. The van der Waals surface area contributed by atoms with Crippen LogP contribution in [0.2, 0.25) is 0 Å². The maximum absolute atomic E-state index is 13.9. The third-order valence-corrected chi connectivity index (χ3v) is 4.29. The number of hydrogen-bond donors (Lipinski definition) is 0. The molecule has 1 atom stereocenters. The van der Waals surface area contributed by atoms with E-state index in [2.05, 4.69) is 11.8 Å². The molecule has 100 valence electrons. The van der Waals surface area contributed by atoms with E-state index >= 15 is 0 Å². The van der Waals surface area contributed by atoms with E-state index in [4.69, 9.17) is 0 Å². The molecule has 2 fully saturated rings. The summed E-state index contributed by atoms with van der Waals surface area (Å²) in [6, 6.07) is 0. The maximum Gasteiger partial charge on any atom is 0.264 e. The van der Waals surface area contributed by atoms with E-state index in [1.54, 1.807) is 11.9 Å². The number of rotatable bonds is 2. The lowest BCUT2D eigenvalue weighted by Gasteiger charge is -2.40. The number of hydrogen-bond acceptors (Lipinski definition) is 2. The molecule has 17 heavy (non-hydrogen) atoms. The Labute approximate surface area is 103 Å². The summed E-state index contributed by atoms with van der Waals surface area (Å²) in [7, 11) is 1.78. The third kappa shape index (κ3) is 3.38. The Hall–Kier alpha value is -0.220. The van der Waals surface area contributed by atoms with Gasteiger partial charge in [-0.15, -0.1) is 0 Å². The summed E-state index contributed by atoms with van der Waals surface area (Å²) in [5.41, 5.74) is 0. The molecule has 0 N–H and O–H groups in total. The molecule has 0 aromatic heterocycles. The van der Waals surface area contributed by atoms with Crippen molar-refractivity contribution < 1.29 is 8.78 Å². The van der Waals surface area contributed by atoms with Crippen molar-refractivity contribution in [3.63, 3.8) is 0 Å². The van der Waals surface area contributed by atoms with Gasteiger partial charge < -0.3 is 9.80 Å². The van der Waals surface area contributed by atoms with Crippen molar-refractivity contribution in [3.8, 4) is 0 Å². The first-order valence-corrected chi connectivity index (χ1v) is 6.76. The fraction of sp³-hybridized carbons (Fsp3) is 1.00. The smallest absolute Gasteiger partial charge is 0.264 e. The number of nitrogens with zero attached hydrogens (tertiary/aromatic N) is 2. The molecule has 0 amide bonds. The van der Waals surface area contributed by atoms with E-state index in [1.165, 1.54) is 0 Å². The van der Waals surface area contributed by atoms with Crippen molar-refractivity contribution in [1.82, 2.24) is 9.80 Å². The number of alkyl halides is 2. The molecule has 0 radical (unpaired) electrons. The van der Waals surface area contributed by atoms with Crippen LogP contribution in [0.25, 0.3) is 0 Å². The molecule has 1 unspecified atom stereocenters. The van der Waals surface area contributed by atoms with E-state index in [1.807, 2.05) is 0 Å². The highest BCUT2D eigenvalue weighted by atomic mass is 19.3. The van der Waals surface area contributed by atoms with E-state index in [0.29, 0.717) is 13.0 Å². The van der Waals surface area contributed by atoms with Gasteiger partial charge >= 0.3 is 0 Å². The Morgan fingerprint density at radius 3 is 2.35 bits per heavy atom. The molecule has 2 rings (SSSR count). The first-order chi connectivity index (χ1) is 7.97. The third-order valence-electron chi connectivity index (χ3n) is 4.29. The Kier molecular flexibility index (Phi) is 4.03. The van der Waals surface area contributed by atoms with Gasteiger partial charge in [-0.2, -0.15) is 0 Å². The van der Waals surface area contributed by atoms with Gasteiger partial charge in [-0.1, -0.05) is 6.92 Å². The first-order valence-electron chi connectivity index (χ1n) is 6.76. The van der Waals surface area contributed by atoms with Crippen molar-refractivity contribution in [1.29, 1.82) is 0 Å². The molecule has 4 heteroatoms. The highest BCUT2D eigenvalue weighted by molar-refractivity contribution is 4.88. The maximum atomic E-state index is 13.9. The van der Waals surface area contributed by atoms with Crippen molar-refractivity contribution in [2.45, 2.75) is 32.1 Å². The van der Waals surface area contributed by atoms with Crippen LogP contribution in [0.3, 0.4) is 0 Å². The lowest BCUT2D eigenvalue weighted by molar-refractivity contribution is -0.114. The Bertz CT molecular complexity index is 250. The molecule has 0 aliphatic carbocycles. The Balaban J connectivity index is 1.85. The molecule has 2 heterocycles. The molecule has 0 aromatic rings. The lowest BCUT2D eigenvalue weighted by atomic mass is 9.91. The fourth-order valence-corrected chi connectivity index (χ4v) is 2.94. The van der Waals surface area contributed by atoms with E-state index in [0.717, 1.165) is 38.4 Å². The molecule has 2 nitrogen and oxygen atoms in total. The summed E-state index contributed by atoms with van der Waals surface area (Å²) >= 11 is 0. The van der Waals surface area contributed by atoms with Crippen molar-refractivity contribution in [3.05, 3.63) is 0 Å². The molecule has 2 aliphatic heterocycles. The summed E-state index contributed by atoms with van der Waals surface area (Å²) < 4.78 is 27.8. The number of piperidine rings is 2. The summed E-state index contributed by atoms with van der Waals surface area (Å²) in [4.78, 5) is 3.98. The molecule has 2 aliphatic rings. The molecule has 0 aromatic carbocycles. The topological polar surface area (TPSA) is 6.48 Å². The summed E-state index contributed by atoms with van der Waals surface area (Å²) in [6.45, 7) is 5.59. The highest BCUT2D eigenvalue weighted by Gasteiger charge is 2.44. The van der Waals surface area contributed by atoms with Gasteiger partial charge in [-0.05, 0) is 51.9 Å². The quantitative estimate of drug-likeness (QED) is 0.737. The van der Waals surface area contributed by atoms with Crippen molar-refractivity contribution >= 4 is 0 Å². The summed E-state index contributed by atoms with van der Waals surface area (Å²) in [5, 5.41) is 0. The second kappa shape index (κ2) is 5.19. The zero-order chi connectivity index (χ0) is 12.5. The van der Waals surface area contributed by atoms with E-state index in [9.17, 15) is 8.78 Å². The van der Waals surface area contributed by atoms with Crippen LogP contribution < -0.4 is 0 Å². The number of halogens is 2. The highest BCUT2D eigenvalue weighted by Crippen LogP contribution is 2.33. The zero-order valence-corrected chi connectivity index (χ0v) is 11.0. The average molecular weight is 246 g/mol. The van der Waals surface area contributed by atoms with Gasteiger partial charge in [-0.25, -0.2) is 8.78 Å². The summed E-state index contributed by atoms with van der Waals surface area (Å²) in [5.74, 6) is -2.17. The van der Waals surface area contributed by atoms with Crippen LogP contribution >= 0.6 is 0 Å². The lowest BCUT2D eigenvalue weighted by Crippen LogP contribution is -2.51. The van der Waals surface area contributed by atoms with Gasteiger partial charge in [0.1, 0.15) is 0 Å². The van der Waals surface area contributed by atoms with Crippen LogP contribution in [0.4, 0.5) is 8.78 Å². The predicted molar refractivity (Wildman–Crippen MR) is 65.4 cm³/mol. The van der Waals surface area contributed by atoms with Gasteiger partial charge in [0.05, 0.1) is 6.54 Å². The van der Waals surface area contributed by atoms with Crippen LogP contribution in [-0.2, 0) is 0 Å². The van der Waals surface area contributed by atoms with Gasteiger partial charge in [0.2, 0.25) is 0 Å². The Morgan fingerprint density at radius 1 is 1.12 bits per heavy atom. The van der Waals surface area contributed by atoms with Gasteiger partial charge in [0.15, 0.2) is 0 Å². The summed E-state index contributed by atoms with van der Waals surface area (Å²) in [6.07, 6.45) is 2.96. The minimum Gasteiger partial charge on any atom is -0.303 e. The minimum atomic E-state index is -2.50.